The van der Waals surface area contributed by atoms with Crippen LogP contribution in [0.15, 0.2) is 48.0 Å². The summed E-state index contributed by atoms with van der Waals surface area (Å²) in [6.07, 6.45) is 2.56. The van der Waals surface area contributed by atoms with Crippen LogP contribution in [-0.4, -0.2) is 32.1 Å². The first kappa shape index (κ1) is 14.1. The first-order valence-electron chi connectivity index (χ1n) is 7.62. The van der Waals surface area contributed by atoms with Crippen molar-refractivity contribution in [1.29, 1.82) is 0 Å². The SMILES string of the molecule is O=C(c1ccccn1)N1CCCn2nc(-c3cccs3)cc2C1. The summed E-state index contributed by atoms with van der Waals surface area (Å²) in [6, 6.07) is 11.6. The third-order valence-corrected chi connectivity index (χ3v) is 4.85. The first-order valence-corrected chi connectivity index (χ1v) is 8.50. The number of amides is 1. The molecule has 0 aliphatic carbocycles. The highest BCUT2D eigenvalue weighted by Crippen LogP contribution is 2.26. The van der Waals surface area contributed by atoms with Gasteiger partial charge in [0.15, 0.2) is 0 Å². The summed E-state index contributed by atoms with van der Waals surface area (Å²) >= 11 is 1.68. The van der Waals surface area contributed by atoms with E-state index in [0.717, 1.165) is 35.8 Å². The molecule has 3 aromatic rings. The molecule has 0 saturated heterocycles. The van der Waals surface area contributed by atoms with Gasteiger partial charge in [-0.1, -0.05) is 12.1 Å². The lowest BCUT2D eigenvalue weighted by Crippen LogP contribution is -2.31. The Morgan fingerprint density at radius 2 is 2.13 bits per heavy atom. The zero-order chi connectivity index (χ0) is 15.6. The molecule has 0 saturated carbocycles. The van der Waals surface area contributed by atoms with Gasteiger partial charge in [-0.15, -0.1) is 11.3 Å². The number of rotatable bonds is 2. The van der Waals surface area contributed by atoms with E-state index in [1.807, 2.05) is 27.8 Å². The number of fused-ring (bicyclic) bond motifs is 1. The Kier molecular flexibility index (Phi) is 3.67. The lowest BCUT2D eigenvalue weighted by atomic mass is 10.2. The van der Waals surface area contributed by atoms with Crippen molar-refractivity contribution in [3.8, 4) is 10.6 Å². The number of carbonyl (C=O) groups excluding carboxylic acids is 1. The molecular formula is C17H16N4OS. The number of hydrogen-bond acceptors (Lipinski definition) is 4. The zero-order valence-corrected chi connectivity index (χ0v) is 13.4. The van der Waals surface area contributed by atoms with Crippen LogP contribution < -0.4 is 0 Å². The Morgan fingerprint density at radius 3 is 2.91 bits per heavy atom. The molecule has 0 fully saturated rings. The quantitative estimate of drug-likeness (QED) is 0.728. The maximum absolute atomic E-state index is 12.6. The molecule has 0 N–H and O–H groups in total. The molecule has 5 nitrogen and oxygen atoms in total. The number of hydrogen-bond donors (Lipinski definition) is 0. The average molecular weight is 324 g/mol. The van der Waals surface area contributed by atoms with Gasteiger partial charge in [-0.2, -0.15) is 5.10 Å². The maximum atomic E-state index is 12.6. The van der Waals surface area contributed by atoms with Crippen LogP contribution in [0.2, 0.25) is 0 Å². The Hall–Kier alpha value is -2.47. The minimum absolute atomic E-state index is 0.0158. The summed E-state index contributed by atoms with van der Waals surface area (Å²) in [7, 11) is 0. The van der Waals surface area contributed by atoms with Crippen LogP contribution in [0.1, 0.15) is 22.6 Å². The third kappa shape index (κ3) is 2.77. The third-order valence-electron chi connectivity index (χ3n) is 3.96. The largest absolute Gasteiger partial charge is 0.331 e. The molecular weight excluding hydrogens is 308 g/mol. The summed E-state index contributed by atoms with van der Waals surface area (Å²) in [4.78, 5) is 19.8. The van der Waals surface area contributed by atoms with Crippen LogP contribution in [0.5, 0.6) is 0 Å². The van der Waals surface area contributed by atoms with E-state index >= 15 is 0 Å². The standard InChI is InChI=1S/C17H16N4OS/c22-17(14-5-1-2-7-18-14)20-8-4-9-21-13(12-20)11-15(19-21)16-6-3-10-23-16/h1-3,5-7,10-11H,4,8-9,12H2. The zero-order valence-electron chi connectivity index (χ0n) is 12.6. The minimum Gasteiger partial charge on any atom is -0.331 e. The number of nitrogens with zero attached hydrogens (tertiary/aromatic N) is 4. The highest BCUT2D eigenvalue weighted by molar-refractivity contribution is 7.13. The predicted molar refractivity (Wildman–Crippen MR) is 89.1 cm³/mol. The van der Waals surface area contributed by atoms with Gasteiger partial charge in [0, 0.05) is 19.3 Å². The number of pyridine rings is 1. The smallest absolute Gasteiger partial charge is 0.272 e. The van der Waals surface area contributed by atoms with Gasteiger partial charge >= 0.3 is 0 Å². The van der Waals surface area contributed by atoms with E-state index < -0.39 is 0 Å². The van der Waals surface area contributed by atoms with E-state index in [0.29, 0.717) is 12.2 Å². The van der Waals surface area contributed by atoms with Gasteiger partial charge in [-0.25, -0.2) is 0 Å². The molecule has 1 aliphatic rings. The van der Waals surface area contributed by atoms with Crippen molar-refractivity contribution in [3.05, 3.63) is 59.4 Å². The van der Waals surface area contributed by atoms with Crippen molar-refractivity contribution < 1.29 is 4.79 Å². The molecule has 0 bridgehead atoms. The second-order valence-electron chi connectivity index (χ2n) is 5.52. The molecule has 0 spiro atoms. The van der Waals surface area contributed by atoms with E-state index in [9.17, 15) is 4.79 Å². The van der Waals surface area contributed by atoms with E-state index in [-0.39, 0.29) is 5.91 Å². The highest BCUT2D eigenvalue weighted by Gasteiger charge is 2.22. The Balaban J connectivity index is 1.61. The number of aromatic nitrogens is 3. The van der Waals surface area contributed by atoms with Gasteiger partial charge in [0.1, 0.15) is 11.4 Å². The monoisotopic (exact) mass is 324 g/mol. The summed E-state index contributed by atoms with van der Waals surface area (Å²) < 4.78 is 2.03. The van der Waals surface area contributed by atoms with Crippen LogP contribution in [0.25, 0.3) is 10.6 Å². The van der Waals surface area contributed by atoms with Gasteiger partial charge in [0.05, 0.1) is 17.1 Å². The first-order chi connectivity index (χ1) is 11.3. The molecule has 1 aliphatic heterocycles. The summed E-state index contributed by atoms with van der Waals surface area (Å²) in [5.74, 6) is -0.0158. The summed E-state index contributed by atoms with van der Waals surface area (Å²) in [5, 5.41) is 6.75. The van der Waals surface area contributed by atoms with Crippen LogP contribution in [0, 0.1) is 0 Å². The molecule has 23 heavy (non-hydrogen) atoms. The van der Waals surface area contributed by atoms with Crippen molar-refractivity contribution >= 4 is 17.2 Å². The van der Waals surface area contributed by atoms with Gasteiger partial charge in [-0.05, 0) is 36.1 Å². The molecule has 0 unspecified atom stereocenters. The van der Waals surface area contributed by atoms with E-state index in [1.165, 1.54) is 0 Å². The van der Waals surface area contributed by atoms with Crippen LogP contribution in [0.3, 0.4) is 0 Å². The van der Waals surface area contributed by atoms with Crippen LogP contribution >= 0.6 is 11.3 Å². The fraction of sp³-hybridized carbons (Fsp3) is 0.235. The summed E-state index contributed by atoms with van der Waals surface area (Å²) in [5.41, 5.74) is 2.57. The molecule has 116 valence electrons. The van der Waals surface area contributed by atoms with Crippen LogP contribution in [0.4, 0.5) is 0 Å². The molecule has 6 heteroatoms. The molecule has 3 aromatic heterocycles. The summed E-state index contributed by atoms with van der Waals surface area (Å²) in [6.45, 7) is 2.15. The number of carbonyl (C=O) groups is 1. The molecule has 0 radical (unpaired) electrons. The van der Waals surface area contributed by atoms with Gasteiger partial charge in [0.2, 0.25) is 0 Å². The Bertz CT molecular complexity index is 811. The van der Waals surface area contributed by atoms with Crippen molar-refractivity contribution in [1.82, 2.24) is 19.7 Å². The normalized spacial score (nSPS) is 14.3. The topological polar surface area (TPSA) is 51.0 Å². The molecule has 4 heterocycles. The van der Waals surface area contributed by atoms with Crippen molar-refractivity contribution in [2.75, 3.05) is 6.54 Å². The van der Waals surface area contributed by atoms with Crippen molar-refractivity contribution in [3.63, 3.8) is 0 Å². The number of thiophene rings is 1. The molecule has 1 amide bonds. The molecule has 4 rings (SSSR count). The van der Waals surface area contributed by atoms with Gasteiger partial charge in [0.25, 0.3) is 5.91 Å². The van der Waals surface area contributed by atoms with Gasteiger partial charge < -0.3 is 4.90 Å². The maximum Gasteiger partial charge on any atom is 0.272 e. The van der Waals surface area contributed by atoms with Crippen molar-refractivity contribution in [2.45, 2.75) is 19.5 Å². The average Bonchev–Trinajstić information content (AvgIpc) is 3.21. The van der Waals surface area contributed by atoms with Crippen LogP contribution in [-0.2, 0) is 13.1 Å². The fourth-order valence-corrected chi connectivity index (χ4v) is 3.51. The Labute approximate surface area is 138 Å². The second-order valence-corrected chi connectivity index (χ2v) is 6.46. The fourth-order valence-electron chi connectivity index (χ4n) is 2.83. The molecule has 0 atom stereocenters. The van der Waals surface area contributed by atoms with E-state index in [2.05, 4.69) is 22.5 Å². The Morgan fingerprint density at radius 1 is 1.17 bits per heavy atom. The van der Waals surface area contributed by atoms with E-state index in [1.54, 1.807) is 23.6 Å². The number of aryl methyl sites for hydroxylation is 1. The van der Waals surface area contributed by atoms with E-state index in [4.69, 9.17) is 5.10 Å². The van der Waals surface area contributed by atoms with Gasteiger partial charge in [-0.3, -0.25) is 14.5 Å². The minimum atomic E-state index is -0.0158. The predicted octanol–water partition coefficient (Wildman–Crippen LogP) is 3.05. The lowest BCUT2D eigenvalue weighted by molar-refractivity contribution is 0.0740. The molecule has 0 aromatic carbocycles. The lowest BCUT2D eigenvalue weighted by Gasteiger charge is -2.19. The van der Waals surface area contributed by atoms with Crippen molar-refractivity contribution in [2.24, 2.45) is 0 Å². The second kappa shape index (κ2) is 5.96. The highest BCUT2D eigenvalue weighted by atomic mass is 32.1.